The fourth-order valence-corrected chi connectivity index (χ4v) is 3.91. The summed E-state index contributed by atoms with van der Waals surface area (Å²) in [6.45, 7) is 3.70. The van der Waals surface area contributed by atoms with Crippen molar-refractivity contribution in [1.29, 1.82) is 0 Å². The van der Waals surface area contributed by atoms with E-state index in [0.717, 1.165) is 6.42 Å². The molecule has 0 aromatic carbocycles. The predicted molar refractivity (Wildman–Crippen MR) is 104 cm³/mol. The van der Waals surface area contributed by atoms with Crippen LogP contribution in [0.25, 0.3) is 11.6 Å². The van der Waals surface area contributed by atoms with E-state index in [1.807, 2.05) is 11.4 Å². The van der Waals surface area contributed by atoms with Crippen LogP contribution < -0.4 is 5.32 Å². The Bertz CT molecular complexity index is 981. The molecule has 0 radical (unpaired) electrons. The number of thiophene rings is 1. The standard InChI is InChI=1S/C18H21N7O3S/c1-12-20-18(28-22-12)15-11-25(23-21-15)7-5-19-17(27)13-9-16(26)24(10-13)6-4-14-3-2-8-29-14/h2-3,8,11,13H,4-7,9-10H2,1H3,(H,19,27). The summed E-state index contributed by atoms with van der Waals surface area (Å²) in [5, 5.41) is 16.6. The van der Waals surface area contributed by atoms with Gasteiger partial charge in [0.1, 0.15) is 0 Å². The van der Waals surface area contributed by atoms with Crippen LogP contribution >= 0.6 is 11.3 Å². The molecule has 1 fully saturated rings. The second kappa shape index (κ2) is 8.52. The quantitative estimate of drug-likeness (QED) is 0.581. The maximum absolute atomic E-state index is 12.4. The number of aryl methyl sites for hydroxylation is 1. The summed E-state index contributed by atoms with van der Waals surface area (Å²) in [4.78, 5) is 31.7. The van der Waals surface area contributed by atoms with Crippen molar-refractivity contribution in [3.63, 3.8) is 0 Å². The maximum atomic E-state index is 12.4. The molecule has 29 heavy (non-hydrogen) atoms. The van der Waals surface area contributed by atoms with Crippen LogP contribution in [0, 0.1) is 12.8 Å². The summed E-state index contributed by atoms with van der Waals surface area (Å²) >= 11 is 1.68. The number of hydrogen-bond acceptors (Lipinski definition) is 8. The minimum absolute atomic E-state index is 0.0393. The first-order valence-electron chi connectivity index (χ1n) is 9.37. The average molecular weight is 415 g/mol. The van der Waals surface area contributed by atoms with Crippen molar-refractivity contribution in [3.8, 4) is 11.6 Å². The third-order valence-corrected chi connectivity index (χ3v) is 5.66. The smallest absolute Gasteiger partial charge is 0.280 e. The summed E-state index contributed by atoms with van der Waals surface area (Å²) in [7, 11) is 0. The van der Waals surface area contributed by atoms with Crippen LogP contribution in [0.2, 0.25) is 0 Å². The van der Waals surface area contributed by atoms with E-state index in [2.05, 4.69) is 31.8 Å². The Kier molecular flexibility index (Phi) is 5.65. The first-order chi connectivity index (χ1) is 14.1. The Labute approximate surface area is 170 Å². The van der Waals surface area contributed by atoms with Gasteiger partial charge in [0.25, 0.3) is 5.89 Å². The van der Waals surface area contributed by atoms with Crippen molar-refractivity contribution < 1.29 is 14.1 Å². The summed E-state index contributed by atoms with van der Waals surface area (Å²) < 4.78 is 6.65. The van der Waals surface area contributed by atoms with Gasteiger partial charge in [-0.1, -0.05) is 16.4 Å². The number of nitrogens with zero attached hydrogens (tertiary/aromatic N) is 6. The van der Waals surface area contributed by atoms with Crippen molar-refractivity contribution in [2.24, 2.45) is 5.92 Å². The third kappa shape index (κ3) is 4.67. The molecule has 152 valence electrons. The predicted octanol–water partition coefficient (Wildman–Crippen LogP) is 0.905. The molecule has 11 heteroatoms. The first-order valence-corrected chi connectivity index (χ1v) is 10.2. The molecule has 1 unspecified atom stereocenters. The van der Waals surface area contributed by atoms with E-state index in [4.69, 9.17) is 4.52 Å². The van der Waals surface area contributed by atoms with Crippen LogP contribution in [0.15, 0.2) is 28.2 Å². The van der Waals surface area contributed by atoms with Gasteiger partial charge in [0.05, 0.1) is 18.7 Å². The average Bonchev–Trinajstić information content (AvgIpc) is 3.48. The molecular weight excluding hydrogens is 394 g/mol. The fourth-order valence-electron chi connectivity index (χ4n) is 3.21. The van der Waals surface area contributed by atoms with E-state index < -0.39 is 0 Å². The molecule has 1 atom stereocenters. The lowest BCUT2D eigenvalue weighted by Crippen LogP contribution is -2.35. The Balaban J connectivity index is 1.22. The Morgan fingerprint density at radius 2 is 2.31 bits per heavy atom. The molecule has 1 aliphatic rings. The van der Waals surface area contributed by atoms with Crippen LogP contribution in [0.1, 0.15) is 17.1 Å². The van der Waals surface area contributed by atoms with E-state index >= 15 is 0 Å². The molecular formula is C18H21N7O3S. The van der Waals surface area contributed by atoms with Crippen molar-refractivity contribution in [2.45, 2.75) is 26.3 Å². The number of aromatic nitrogens is 5. The van der Waals surface area contributed by atoms with Crippen LogP contribution in [-0.2, 0) is 22.6 Å². The van der Waals surface area contributed by atoms with Crippen molar-refractivity contribution >= 4 is 23.2 Å². The van der Waals surface area contributed by atoms with Crippen LogP contribution in [-0.4, -0.2) is 61.5 Å². The first kappa shape index (κ1) is 19.2. The van der Waals surface area contributed by atoms with Gasteiger partial charge in [-0.25, -0.2) is 4.68 Å². The van der Waals surface area contributed by atoms with Gasteiger partial charge in [-0.15, -0.1) is 16.4 Å². The molecule has 0 spiro atoms. The Hall–Kier alpha value is -3.08. The van der Waals surface area contributed by atoms with Crippen LogP contribution in [0.3, 0.4) is 0 Å². The number of nitrogens with one attached hydrogen (secondary N) is 1. The lowest BCUT2D eigenvalue weighted by molar-refractivity contribution is -0.129. The van der Waals surface area contributed by atoms with Gasteiger partial charge in [-0.2, -0.15) is 4.98 Å². The van der Waals surface area contributed by atoms with Crippen molar-refractivity contribution in [2.75, 3.05) is 19.6 Å². The minimum Gasteiger partial charge on any atom is -0.354 e. The van der Waals surface area contributed by atoms with E-state index in [9.17, 15) is 9.59 Å². The largest absolute Gasteiger partial charge is 0.354 e. The van der Waals surface area contributed by atoms with Gasteiger partial charge in [0.2, 0.25) is 11.8 Å². The minimum atomic E-state index is -0.307. The molecule has 3 aromatic heterocycles. The second-order valence-electron chi connectivity index (χ2n) is 6.87. The molecule has 10 nitrogen and oxygen atoms in total. The van der Waals surface area contributed by atoms with Crippen molar-refractivity contribution in [3.05, 3.63) is 34.4 Å². The number of carbonyl (C=O) groups excluding carboxylic acids is 2. The summed E-state index contributed by atoms with van der Waals surface area (Å²) in [5.74, 6) is 0.461. The SMILES string of the molecule is Cc1noc(-c2cn(CCNC(=O)C3CC(=O)N(CCc4cccs4)C3)nn2)n1. The molecule has 0 bridgehead atoms. The van der Waals surface area contributed by atoms with Gasteiger partial charge in [0.15, 0.2) is 11.5 Å². The summed E-state index contributed by atoms with van der Waals surface area (Å²) in [6, 6.07) is 4.06. The zero-order chi connectivity index (χ0) is 20.2. The van der Waals surface area contributed by atoms with Gasteiger partial charge in [-0.05, 0) is 24.8 Å². The number of rotatable bonds is 8. The molecule has 4 heterocycles. The van der Waals surface area contributed by atoms with Crippen LogP contribution in [0.5, 0.6) is 0 Å². The summed E-state index contributed by atoms with van der Waals surface area (Å²) in [5.41, 5.74) is 0.486. The lowest BCUT2D eigenvalue weighted by atomic mass is 10.1. The molecule has 0 aliphatic carbocycles. The normalized spacial score (nSPS) is 16.5. The van der Waals surface area contributed by atoms with Crippen LogP contribution in [0.4, 0.5) is 0 Å². The molecule has 3 aromatic rings. The fraction of sp³-hybridized carbons (Fsp3) is 0.444. The Morgan fingerprint density at radius 1 is 1.41 bits per heavy atom. The number of amides is 2. The molecule has 1 saturated heterocycles. The third-order valence-electron chi connectivity index (χ3n) is 4.72. The highest BCUT2D eigenvalue weighted by Gasteiger charge is 2.33. The van der Waals surface area contributed by atoms with Gasteiger partial charge < -0.3 is 14.7 Å². The van der Waals surface area contributed by atoms with E-state index in [0.29, 0.717) is 43.6 Å². The Morgan fingerprint density at radius 3 is 3.07 bits per heavy atom. The molecule has 4 rings (SSSR count). The van der Waals surface area contributed by atoms with Crippen molar-refractivity contribution in [1.82, 2.24) is 35.4 Å². The lowest BCUT2D eigenvalue weighted by Gasteiger charge is -2.16. The maximum Gasteiger partial charge on any atom is 0.280 e. The molecule has 2 amide bonds. The molecule has 1 N–H and O–H groups in total. The monoisotopic (exact) mass is 415 g/mol. The highest BCUT2D eigenvalue weighted by Crippen LogP contribution is 2.19. The van der Waals surface area contributed by atoms with E-state index in [1.165, 1.54) is 4.88 Å². The zero-order valence-corrected chi connectivity index (χ0v) is 16.8. The number of likely N-dealkylation sites (tertiary alicyclic amines) is 1. The van der Waals surface area contributed by atoms with Gasteiger partial charge >= 0.3 is 0 Å². The second-order valence-corrected chi connectivity index (χ2v) is 7.91. The highest BCUT2D eigenvalue weighted by molar-refractivity contribution is 7.09. The number of hydrogen-bond donors (Lipinski definition) is 1. The van der Waals surface area contributed by atoms with E-state index in [-0.39, 0.29) is 24.2 Å². The molecule has 1 aliphatic heterocycles. The molecule has 0 saturated carbocycles. The van der Waals surface area contributed by atoms with E-state index in [1.54, 1.807) is 34.0 Å². The van der Waals surface area contributed by atoms with Gasteiger partial charge in [-0.3, -0.25) is 9.59 Å². The topological polar surface area (TPSA) is 119 Å². The summed E-state index contributed by atoms with van der Waals surface area (Å²) in [6.07, 6.45) is 2.77. The van der Waals surface area contributed by atoms with Gasteiger partial charge in [0, 0.05) is 30.9 Å². The highest BCUT2D eigenvalue weighted by atomic mass is 32.1. The number of carbonyl (C=O) groups is 2. The zero-order valence-electron chi connectivity index (χ0n) is 15.9.